The molecule has 134 valence electrons. The number of hydrogen-bond donors (Lipinski definition) is 1. The Bertz CT molecular complexity index is 795. The van der Waals surface area contributed by atoms with Crippen molar-refractivity contribution in [3.05, 3.63) is 46.6 Å². The minimum absolute atomic E-state index is 0. The van der Waals surface area contributed by atoms with Crippen LogP contribution in [0.4, 0.5) is 17.2 Å². The highest BCUT2D eigenvalue weighted by atomic mass is 35.5. The van der Waals surface area contributed by atoms with Gasteiger partial charge in [0, 0.05) is 7.05 Å². The number of amides is 1. The SMILES string of the molecule is Cc1ccc2c(c1)C(=O)N(CC[NH+](C)C)c1ccc(Cl)nc1N2C.[Cl-]. The number of carbonyl (C=O) groups excluding carboxylic acids is 1. The number of aryl methyl sites for hydroxylation is 1. The lowest BCUT2D eigenvalue weighted by molar-refractivity contribution is -0.856. The Morgan fingerprint density at radius 1 is 1.16 bits per heavy atom. The van der Waals surface area contributed by atoms with Crippen LogP contribution in [-0.4, -0.2) is 45.1 Å². The van der Waals surface area contributed by atoms with E-state index < -0.39 is 0 Å². The number of quaternary nitrogens is 1. The van der Waals surface area contributed by atoms with E-state index in [1.54, 1.807) is 6.07 Å². The van der Waals surface area contributed by atoms with Crippen LogP contribution >= 0.6 is 11.6 Å². The maximum atomic E-state index is 13.2. The van der Waals surface area contributed by atoms with E-state index in [0.717, 1.165) is 23.5 Å². The van der Waals surface area contributed by atoms with Gasteiger partial charge in [0.15, 0.2) is 5.82 Å². The molecule has 0 saturated heterocycles. The van der Waals surface area contributed by atoms with E-state index in [2.05, 4.69) is 19.1 Å². The lowest BCUT2D eigenvalue weighted by atomic mass is 10.1. The Balaban J connectivity index is 0.00000225. The molecule has 0 radical (unpaired) electrons. The highest BCUT2D eigenvalue weighted by molar-refractivity contribution is 6.29. The summed E-state index contributed by atoms with van der Waals surface area (Å²) in [6.45, 7) is 3.46. The third-order valence-electron chi connectivity index (χ3n) is 4.25. The molecule has 0 aliphatic carbocycles. The molecule has 1 aromatic heterocycles. The molecule has 0 bridgehead atoms. The molecule has 25 heavy (non-hydrogen) atoms. The Kier molecular flexibility index (Phi) is 5.93. The molecule has 1 amide bonds. The van der Waals surface area contributed by atoms with E-state index in [1.807, 2.05) is 48.0 Å². The number of pyridine rings is 1. The van der Waals surface area contributed by atoms with E-state index in [4.69, 9.17) is 11.6 Å². The van der Waals surface area contributed by atoms with Crippen LogP contribution in [0.15, 0.2) is 30.3 Å². The van der Waals surface area contributed by atoms with Gasteiger partial charge in [0.25, 0.3) is 5.91 Å². The largest absolute Gasteiger partial charge is 1.00 e. The van der Waals surface area contributed by atoms with Gasteiger partial charge >= 0.3 is 0 Å². The fraction of sp³-hybridized carbons (Fsp3) is 0.333. The molecule has 3 rings (SSSR count). The van der Waals surface area contributed by atoms with Gasteiger partial charge in [-0.25, -0.2) is 4.98 Å². The first-order chi connectivity index (χ1) is 11.4. The van der Waals surface area contributed by atoms with Crippen LogP contribution in [0.5, 0.6) is 0 Å². The first kappa shape index (κ1) is 19.5. The van der Waals surface area contributed by atoms with Crippen molar-refractivity contribution in [2.75, 3.05) is 44.0 Å². The van der Waals surface area contributed by atoms with E-state index >= 15 is 0 Å². The summed E-state index contributed by atoms with van der Waals surface area (Å²) in [5.41, 5.74) is 3.40. The second kappa shape index (κ2) is 7.60. The quantitative estimate of drug-likeness (QED) is 0.688. The smallest absolute Gasteiger partial charge is 0.260 e. The number of nitrogens with zero attached hydrogens (tertiary/aromatic N) is 3. The normalized spacial score (nSPS) is 13.3. The van der Waals surface area contributed by atoms with Gasteiger partial charge in [-0.15, -0.1) is 0 Å². The molecule has 1 aliphatic rings. The highest BCUT2D eigenvalue weighted by Gasteiger charge is 2.30. The fourth-order valence-electron chi connectivity index (χ4n) is 2.92. The van der Waals surface area contributed by atoms with E-state index in [0.29, 0.717) is 23.1 Å². The lowest BCUT2D eigenvalue weighted by Crippen LogP contribution is -3.06. The molecule has 0 atom stereocenters. The van der Waals surface area contributed by atoms with Crippen LogP contribution in [0, 0.1) is 6.92 Å². The summed E-state index contributed by atoms with van der Waals surface area (Å²) in [5.74, 6) is 0.705. The number of benzene rings is 1. The van der Waals surface area contributed by atoms with Crippen molar-refractivity contribution in [1.29, 1.82) is 0 Å². The monoisotopic (exact) mass is 380 g/mol. The molecule has 2 aromatic rings. The topological polar surface area (TPSA) is 40.9 Å². The summed E-state index contributed by atoms with van der Waals surface area (Å²) < 4.78 is 0. The van der Waals surface area contributed by atoms with Crippen LogP contribution in [0.25, 0.3) is 0 Å². The molecule has 0 spiro atoms. The summed E-state index contributed by atoms with van der Waals surface area (Å²) in [6.07, 6.45) is 0. The third kappa shape index (κ3) is 3.73. The first-order valence-electron chi connectivity index (χ1n) is 8.00. The first-order valence-corrected chi connectivity index (χ1v) is 8.38. The average Bonchev–Trinajstić information content (AvgIpc) is 2.61. The van der Waals surface area contributed by atoms with Crippen molar-refractivity contribution in [3.8, 4) is 0 Å². The lowest BCUT2D eigenvalue weighted by Gasteiger charge is -2.24. The molecule has 2 heterocycles. The zero-order chi connectivity index (χ0) is 17.4. The molecular formula is C18H22Cl2N4O. The van der Waals surface area contributed by atoms with Crippen molar-refractivity contribution in [2.24, 2.45) is 0 Å². The third-order valence-corrected chi connectivity index (χ3v) is 4.46. The number of halogens is 2. The predicted octanol–water partition coefficient (Wildman–Crippen LogP) is -1.08. The Hall–Kier alpha value is -1.82. The zero-order valence-electron chi connectivity index (χ0n) is 14.8. The summed E-state index contributed by atoms with van der Waals surface area (Å²) in [7, 11) is 6.07. The Morgan fingerprint density at radius 3 is 2.52 bits per heavy atom. The summed E-state index contributed by atoms with van der Waals surface area (Å²) in [6, 6.07) is 9.53. The number of fused-ring (bicyclic) bond motifs is 2. The van der Waals surface area contributed by atoms with Crippen molar-refractivity contribution >= 4 is 34.7 Å². The number of carbonyl (C=O) groups is 1. The molecule has 0 saturated carbocycles. The molecule has 0 fully saturated rings. The van der Waals surface area contributed by atoms with Gasteiger partial charge in [0.2, 0.25) is 0 Å². The van der Waals surface area contributed by atoms with Gasteiger partial charge < -0.3 is 22.2 Å². The average molecular weight is 381 g/mol. The van der Waals surface area contributed by atoms with Gasteiger partial charge in [0.1, 0.15) is 5.15 Å². The van der Waals surface area contributed by atoms with E-state index in [1.165, 1.54) is 4.90 Å². The van der Waals surface area contributed by atoms with Crippen LogP contribution in [0.2, 0.25) is 5.15 Å². The van der Waals surface area contributed by atoms with Gasteiger partial charge in [-0.2, -0.15) is 0 Å². The highest BCUT2D eigenvalue weighted by Crippen LogP contribution is 2.39. The molecule has 1 N–H and O–H groups in total. The van der Waals surface area contributed by atoms with Gasteiger partial charge in [-0.3, -0.25) is 9.69 Å². The van der Waals surface area contributed by atoms with E-state index in [9.17, 15) is 4.79 Å². The number of rotatable bonds is 3. The number of aromatic nitrogens is 1. The number of nitrogens with one attached hydrogen (secondary N) is 1. The van der Waals surface area contributed by atoms with Crippen molar-refractivity contribution < 1.29 is 22.1 Å². The standard InChI is InChI=1S/C18H21ClN4O.ClH/c1-12-5-6-14-13(11-12)18(24)23(10-9-21(2)3)15-7-8-16(19)20-17(15)22(14)4;/h5-8,11H,9-10H2,1-4H3;1H. The molecule has 5 nitrogen and oxygen atoms in total. The van der Waals surface area contributed by atoms with Crippen molar-refractivity contribution in [1.82, 2.24) is 4.98 Å². The molecule has 0 unspecified atom stereocenters. The summed E-state index contributed by atoms with van der Waals surface area (Å²) in [4.78, 5) is 22.7. The number of anilines is 3. The van der Waals surface area contributed by atoms with Gasteiger partial charge in [-0.1, -0.05) is 23.2 Å². The van der Waals surface area contributed by atoms with Gasteiger partial charge in [0.05, 0.1) is 44.1 Å². The van der Waals surface area contributed by atoms with Crippen molar-refractivity contribution in [2.45, 2.75) is 6.92 Å². The maximum absolute atomic E-state index is 13.2. The van der Waals surface area contributed by atoms with Crippen LogP contribution in [0.3, 0.4) is 0 Å². The summed E-state index contributed by atoms with van der Waals surface area (Å²) >= 11 is 6.11. The van der Waals surface area contributed by atoms with Crippen LogP contribution < -0.4 is 27.1 Å². The Morgan fingerprint density at radius 2 is 1.84 bits per heavy atom. The zero-order valence-corrected chi connectivity index (χ0v) is 16.3. The maximum Gasteiger partial charge on any atom is 0.260 e. The second-order valence-corrected chi connectivity index (χ2v) is 6.86. The summed E-state index contributed by atoms with van der Waals surface area (Å²) in [5, 5.41) is 0.418. The van der Waals surface area contributed by atoms with Crippen molar-refractivity contribution in [3.63, 3.8) is 0 Å². The fourth-order valence-corrected chi connectivity index (χ4v) is 3.06. The minimum Gasteiger partial charge on any atom is -1.00 e. The Labute approximate surface area is 159 Å². The van der Waals surface area contributed by atoms with Gasteiger partial charge in [-0.05, 0) is 31.2 Å². The van der Waals surface area contributed by atoms with E-state index in [-0.39, 0.29) is 18.3 Å². The predicted molar refractivity (Wildman–Crippen MR) is 97.8 cm³/mol. The number of likely N-dealkylation sites (N-methyl/N-ethyl adjacent to an activating group) is 1. The molecule has 1 aromatic carbocycles. The van der Waals surface area contributed by atoms with Crippen LogP contribution in [-0.2, 0) is 0 Å². The minimum atomic E-state index is 0. The molecule has 1 aliphatic heterocycles. The second-order valence-electron chi connectivity index (χ2n) is 6.47. The molecular weight excluding hydrogens is 359 g/mol. The molecule has 7 heteroatoms. The number of hydrogen-bond acceptors (Lipinski definition) is 3. The van der Waals surface area contributed by atoms with Crippen LogP contribution in [0.1, 0.15) is 15.9 Å².